The number of nitrogens with one attached hydrogen (secondary N) is 1. The molecule has 1 aliphatic heterocycles. The monoisotopic (exact) mass is 264 g/mol. The van der Waals surface area contributed by atoms with Crippen molar-refractivity contribution in [3.63, 3.8) is 0 Å². The maximum Gasteiger partial charge on any atom is 0.230 e. The van der Waals surface area contributed by atoms with Crippen LogP contribution < -0.4 is 5.32 Å². The lowest BCUT2D eigenvalue weighted by Gasteiger charge is -2.40. The van der Waals surface area contributed by atoms with E-state index in [0.717, 1.165) is 32.0 Å². The Morgan fingerprint density at radius 1 is 1.21 bits per heavy atom. The maximum absolute atomic E-state index is 13.0. The highest BCUT2D eigenvalue weighted by Crippen LogP contribution is 2.45. The van der Waals surface area contributed by atoms with Crippen molar-refractivity contribution >= 4 is 5.91 Å². The zero-order chi connectivity index (χ0) is 13.3. The molecule has 2 aliphatic carbocycles. The van der Waals surface area contributed by atoms with Gasteiger partial charge < -0.3 is 10.2 Å². The number of amides is 1. The Morgan fingerprint density at radius 2 is 1.95 bits per heavy atom. The van der Waals surface area contributed by atoms with Gasteiger partial charge in [-0.3, -0.25) is 4.79 Å². The molecule has 0 aromatic carbocycles. The predicted octanol–water partition coefficient (Wildman–Crippen LogP) is 2.41. The smallest absolute Gasteiger partial charge is 0.230 e. The molecule has 0 spiro atoms. The molecule has 3 fully saturated rings. The third-order valence-corrected chi connectivity index (χ3v) is 5.82. The second kappa shape index (κ2) is 5.43. The molecule has 0 radical (unpaired) electrons. The van der Waals surface area contributed by atoms with Crippen molar-refractivity contribution in [2.75, 3.05) is 26.7 Å². The molecule has 0 aromatic rings. The Bertz CT molecular complexity index is 338. The van der Waals surface area contributed by atoms with E-state index in [4.69, 9.17) is 0 Å². The summed E-state index contributed by atoms with van der Waals surface area (Å²) in [5.74, 6) is 1.80. The quantitative estimate of drug-likeness (QED) is 0.849. The highest BCUT2D eigenvalue weighted by Gasteiger charge is 2.50. The average Bonchev–Trinajstić information content (AvgIpc) is 3.06. The molecule has 3 heteroatoms. The summed E-state index contributed by atoms with van der Waals surface area (Å²) in [6.45, 7) is 2.97. The SMILES string of the molecule is CN(CC1CCCC1)C(=O)[C@@]12CCCC[C@H]1CNC2. The lowest BCUT2D eigenvalue weighted by atomic mass is 9.67. The van der Waals surface area contributed by atoms with Gasteiger partial charge in [-0.2, -0.15) is 0 Å². The van der Waals surface area contributed by atoms with Gasteiger partial charge in [0.15, 0.2) is 0 Å². The minimum Gasteiger partial charge on any atom is -0.345 e. The van der Waals surface area contributed by atoms with Crippen LogP contribution in [0, 0.1) is 17.3 Å². The van der Waals surface area contributed by atoms with E-state index in [0.29, 0.717) is 11.8 Å². The molecule has 1 heterocycles. The number of carbonyl (C=O) groups excluding carboxylic acids is 1. The van der Waals surface area contributed by atoms with Crippen LogP contribution in [0.3, 0.4) is 0 Å². The van der Waals surface area contributed by atoms with Crippen LogP contribution in [0.5, 0.6) is 0 Å². The Balaban J connectivity index is 1.67. The van der Waals surface area contributed by atoms with E-state index < -0.39 is 0 Å². The molecule has 19 heavy (non-hydrogen) atoms. The molecule has 0 unspecified atom stereocenters. The summed E-state index contributed by atoms with van der Waals surface area (Å²) in [7, 11) is 2.04. The van der Waals surface area contributed by atoms with E-state index in [9.17, 15) is 4.79 Å². The Hall–Kier alpha value is -0.570. The van der Waals surface area contributed by atoms with Gasteiger partial charge in [0.25, 0.3) is 0 Å². The molecule has 0 bridgehead atoms. The fraction of sp³-hybridized carbons (Fsp3) is 0.938. The summed E-state index contributed by atoms with van der Waals surface area (Å²) in [4.78, 5) is 15.0. The first kappa shape index (κ1) is 13.4. The van der Waals surface area contributed by atoms with Gasteiger partial charge in [0, 0.05) is 20.1 Å². The first-order chi connectivity index (χ1) is 9.22. The molecule has 3 nitrogen and oxygen atoms in total. The Morgan fingerprint density at radius 3 is 2.74 bits per heavy atom. The van der Waals surface area contributed by atoms with Crippen LogP contribution >= 0.6 is 0 Å². The van der Waals surface area contributed by atoms with Crippen LogP contribution in [0.2, 0.25) is 0 Å². The third-order valence-electron chi connectivity index (χ3n) is 5.82. The van der Waals surface area contributed by atoms with Crippen molar-refractivity contribution in [3.05, 3.63) is 0 Å². The molecule has 1 N–H and O–H groups in total. The number of hydrogen-bond donors (Lipinski definition) is 1. The largest absolute Gasteiger partial charge is 0.345 e. The third kappa shape index (κ3) is 2.42. The molecule has 2 atom stereocenters. The van der Waals surface area contributed by atoms with Crippen molar-refractivity contribution in [2.24, 2.45) is 17.3 Å². The van der Waals surface area contributed by atoms with Gasteiger partial charge in [0.1, 0.15) is 0 Å². The number of carbonyl (C=O) groups is 1. The standard InChI is InChI=1S/C16H28N2O/c1-18(11-13-6-2-3-7-13)15(19)16-9-5-4-8-14(16)10-17-12-16/h13-14,17H,2-12H2,1H3/t14-,16+/m0/s1. The number of rotatable bonds is 3. The summed E-state index contributed by atoms with van der Waals surface area (Å²) >= 11 is 0. The molecular formula is C16H28N2O. The number of fused-ring (bicyclic) bond motifs is 1. The number of hydrogen-bond acceptors (Lipinski definition) is 2. The summed E-state index contributed by atoms with van der Waals surface area (Å²) in [5.41, 5.74) is -0.0500. The Kier molecular flexibility index (Phi) is 3.84. The van der Waals surface area contributed by atoms with Crippen LogP contribution in [0.15, 0.2) is 0 Å². The lowest BCUT2D eigenvalue weighted by molar-refractivity contribution is -0.144. The van der Waals surface area contributed by atoms with Gasteiger partial charge in [-0.05, 0) is 44.1 Å². The van der Waals surface area contributed by atoms with Crippen molar-refractivity contribution < 1.29 is 4.79 Å². The van der Waals surface area contributed by atoms with Gasteiger partial charge in [-0.1, -0.05) is 25.7 Å². The highest BCUT2D eigenvalue weighted by atomic mass is 16.2. The topological polar surface area (TPSA) is 32.3 Å². The first-order valence-corrected chi connectivity index (χ1v) is 8.19. The van der Waals surface area contributed by atoms with Gasteiger partial charge in [-0.25, -0.2) is 0 Å². The van der Waals surface area contributed by atoms with Gasteiger partial charge in [0.05, 0.1) is 5.41 Å². The summed E-state index contributed by atoms with van der Waals surface area (Å²) in [6.07, 6.45) is 10.3. The molecule has 2 saturated carbocycles. The van der Waals surface area contributed by atoms with Crippen molar-refractivity contribution in [3.8, 4) is 0 Å². The zero-order valence-electron chi connectivity index (χ0n) is 12.3. The minimum atomic E-state index is -0.0500. The van der Waals surface area contributed by atoms with E-state index in [1.807, 2.05) is 7.05 Å². The van der Waals surface area contributed by atoms with E-state index in [1.165, 1.54) is 44.9 Å². The molecular weight excluding hydrogens is 236 g/mol. The number of nitrogens with zero attached hydrogens (tertiary/aromatic N) is 1. The summed E-state index contributed by atoms with van der Waals surface area (Å²) in [6, 6.07) is 0. The van der Waals surface area contributed by atoms with Gasteiger partial charge in [0.2, 0.25) is 5.91 Å². The van der Waals surface area contributed by atoms with Crippen LogP contribution in [0.1, 0.15) is 51.4 Å². The van der Waals surface area contributed by atoms with Crippen LogP contribution in [0.25, 0.3) is 0 Å². The van der Waals surface area contributed by atoms with Crippen LogP contribution in [0.4, 0.5) is 0 Å². The molecule has 0 aromatic heterocycles. The maximum atomic E-state index is 13.0. The normalized spacial score (nSPS) is 35.3. The second-order valence-electron chi connectivity index (χ2n) is 7.07. The molecule has 3 rings (SSSR count). The van der Waals surface area contributed by atoms with Crippen molar-refractivity contribution in [2.45, 2.75) is 51.4 Å². The molecule has 3 aliphatic rings. The van der Waals surface area contributed by atoms with E-state index in [-0.39, 0.29) is 5.41 Å². The van der Waals surface area contributed by atoms with Crippen molar-refractivity contribution in [1.29, 1.82) is 0 Å². The Labute approximate surface area is 117 Å². The van der Waals surface area contributed by atoms with E-state index in [1.54, 1.807) is 0 Å². The molecule has 1 amide bonds. The van der Waals surface area contributed by atoms with Crippen molar-refractivity contribution in [1.82, 2.24) is 10.2 Å². The highest BCUT2D eigenvalue weighted by molar-refractivity contribution is 5.83. The summed E-state index contributed by atoms with van der Waals surface area (Å²) in [5, 5.41) is 3.49. The molecule has 1 saturated heterocycles. The van der Waals surface area contributed by atoms with Crippen LogP contribution in [-0.4, -0.2) is 37.5 Å². The van der Waals surface area contributed by atoms with Crippen LogP contribution in [-0.2, 0) is 4.79 Å². The molecule has 108 valence electrons. The van der Waals surface area contributed by atoms with E-state index in [2.05, 4.69) is 10.2 Å². The fourth-order valence-corrected chi connectivity index (χ4v) is 4.71. The minimum absolute atomic E-state index is 0.0500. The predicted molar refractivity (Wildman–Crippen MR) is 76.9 cm³/mol. The van der Waals surface area contributed by atoms with Gasteiger partial charge in [-0.15, -0.1) is 0 Å². The fourth-order valence-electron chi connectivity index (χ4n) is 4.71. The first-order valence-electron chi connectivity index (χ1n) is 8.19. The van der Waals surface area contributed by atoms with Gasteiger partial charge >= 0.3 is 0 Å². The van der Waals surface area contributed by atoms with E-state index >= 15 is 0 Å². The average molecular weight is 264 g/mol. The second-order valence-corrected chi connectivity index (χ2v) is 7.07. The lowest BCUT2D eigenvalue weighted by Crippen LogP contribution is -2.49. The summed E-state index contributed by atoms with van der Waals surface area (Å²) < 4.78 is 0. The zero-order valence-corrected chi connectivity index (χ0v) is 12.3.